The lowest BCUT2D eigenvalue weighted by atomic mass is 10.1. The van der Waals surface area contributed by atoms with Gasteiger partial charge in [-0.1, -0.05) is 31.2 Å². The first kappa shape index (κ1) is 16.0. The SMILES string of the molecule is CCCOC(=O)c1cccc(Nc2cc(C)nc3ccccc23)c1. The summed E-state index contributed by atoms with van der Waals surface area (Å²) in [6.45, 7) is 4.38. The van der Waals surface area contributed by atoms with Gasteiger partial charge in [0.2, 0.25) is 0 Å². The second kappa shape index (κ2) is 7.13. The smallest absolute Gasteiger partial charge is 0.338 e. The molecule has 0 aliphatic rings. The van der Waals surface area contributed by atoms with Crippen LogP contribution in [0.4, 0.5) is 11.4 Å². The van der Waals surface area contributed by atoms with Crippen LogP contribution in [0.1, 0.15) is 29.4 Å². The molecule has 3 rings (SSSR count). The number of ether oxygens (including phenoxy) is 1. The monoisotopic (exact) mass is 320 g/mol. The number of anilines is 2. The number of fused-ring (bicyclic) bond motifs is 1. The number of nitrogens with one attached hydrogen (secondary N) is 1. The highest BCUT2D eigenvalue weighted by atomic mass is 16.5. The number of aromatic nitrogens is 1. The molecule has 0 aliphatic heterocycles. The van der Waals surface area contributed by atoms with Crippen molar-refractivity contribution in [2.24, 2.45) is 0 Å². The normalized spacial score (nSPS) is 10.6. The molecule has 2 aromatic carbocycles. The van der Waals surface area contributed by atoms with Crippen molar-refractivity contribution in [3.8, 4) is 0 Å². The molecule has 0 unspecified atom stereocenters. The van der Waals surface area contributed by atoms with E-state index in [-0.39, 0.29) is 5.97 Å². The van der Waals surface area contributed by atoms with Crippen LogP contribution in [0.5, 0.6) is 0 Å². The predicted octanol–water partition coefficient (Wildman–Crippen LogP) is 4.85. The maximum atomic E-state index is 12.0. The van der Waals surface area contributed by atoms with Crippen LogP contribution in [0, 0.1) is 6.92 Å². The summed E-state index contributed by atoms with van der Waals surface area (Å²) >= 11 is 0. The lowest BCUT2D eigenvalue weighted by Gasteiger charge is -2.12. The summed E-state index contributed by atoms with van der Waals surface area (Å²) in [4.78, 5) is 16.6. The summed E-state index contributed by atoms with van der Waals surface area (Å²) in [5.41, 5.74) is 4.24. The molecule has 0 bridgehead atoms. The second-order valence-corrected chi connectivity index (χ2v) is 5.67. The first-order valence-corrected chi connectivity index (χ1v) is 8.08. The molecule has 122 valence electrons. The standard InChI is InChI=1S/C20H20N2O2/c1-3-11-24-20(23)15-7-6-8-16(13-15)22-19-12-14(2)21-18-10-5-4-9-17(18)19/h4-10,12-13H,3,11H2,1-2H3,(H,21,22). The Morgan fingerprint density at radius 2 is 1.96 bits per heavy atom. The van der Waals surface area contributed by atoms with Gasteiger partial charge >= 0.3 is 5.97 Å². The fourth-order valence-corrected chi connectivity index (χ4v) is 2.57. The number of pyridine rings is 1. The molecule has 0 spiro atoms. The zero-order valence-electron chi connectivity index (χ0n) is 13.9. The van der Waals surface area contributed by atoms with Gasteiger partial charge in [0.05, 0.1) is 17.7 Å². The Balaban J connectivity index is 1.90. The first-order valence-electron chi connectivity index (χ1n) is 8.08. The fraction of sp³-hybridized carbons (Fsp3) is 0.200. The molecule has 24 heavy (non-hydrogen) atoms. The third kappa shape index (κ3) is 3.54. The molecule has 4 heteroatoms. The van der Waals surface area contributed by atoms with E-state index in [2.05, 4.69) is 10.3 Å². The molecule has 1 N–H and O–H groups in total. The lowest BCUT2D eigenvalue weighted by Crippen LogP contribution is -2.06. The van der Waals surface area contributed by atoms with Crippen molar-refractivity contribution in [3.63, 3.8) is 0 Å². The number of hydrogen-bond acceptors (Lipinski definition) is 4. The van der Waals surface area contributed by atoms with Crippen LogP contribution in [0.3, 0.4) is 0 Å². The molecule has 0 fully saturated rings. The van der Waals surface area contributed by atoms with Gasteiger partial charge in [0, 0.05) is 22.5 Å². The minimum absolute atomic E-state index is 0.295. The van der Waals surface area contributed by atoms with Crippen molar-refractivity contribution >= 4 is 28.2 Å². The fourth-order valence-electron chi connectivity index (χ4n) is 2.57. The Labute approximate surface area is 141 Å². The molecule has 1 heterocycles. The number of benzene rings is 2. The number of para-hydroxylation sites is 1. The molecule has 4 nitrogen and oxygen atoms in total. The second-order valence-electron chi connectivity index (χ2n) is 5.67. The number of hydrogen-bond donors (Lipinski definition) is 1. The van der Waals surface area contributed by atoms with E-state index in [1.54, 1.807) is 6.07 Å². The number of nitrogens with zero attached hydrogens (tertiary/aromatic N) is 1. The first-order chi connectivity index (χ1) is 11.7. The summed E-state index contributed by atoms with van der Waals surface area (Å²) in [7, 11) is 0. The van der Waals surface area contributed by atoms with Gasteiger partial charge in [-0.05, 0) is 43.7 Å². The van der Waals surface area contributed by atoms with E-state index in [1.807, 2.05) is 62.4 Å². The highest BCUT2D eigenvalue weighted by Crippen LogP contribution is 2.26. The van der Waals surface area contributed by atoms with Gasteiger partial charge in [0.15, 0.2) is 0 Å². The minimum Gasteiger partial charge on any atom is -0.462 e. The quantitative estimate of drug-likeness (QED) is 0.683. The van der Waals surface area contributed by atoms with E-state index in [1.165, 1.54) is 0 Å². The summed E-state index contributed by atoms with van der Waals surface area (Å²) in [5.74, 6) is -0.295. The van der Waals surface area contributed by atoms with Crippen LogP contribution in [0.2, 0.25) is 0 Å². The Kier molecular flexibility index (Phi) is 4.75. The van der Waals surface area contributed by atoms with Gasteiger partial charge in [-0.2, -0.15) is 0 Å². The average Bonchev–Trinajstić information content (AvgIpc) is 2.59. The van der Waals surface area contributed by atoms with E-state index < -0.39 is 0 Å². The lowest BCUT2D eigenvalue weighted by molar-refractivity contribution is 0.0505. The van der Waals surface area contributed by atoms with Crippen molar-refractivity contribution in [2.75, 3.05) is 11.9 Å². The number of carbonyl (C=O) groups excluding carboxylic acids is 1. The predicted molar refractivity (Wildman–Crippen MR) is 96.8 cm³/mol. The van der Waals surface area contributed by atoms with E-state index in [4.69, 9.17) is 4.74 Å². The molecular formula is C20H20N2O2. The molecule has 0 saturated carbocycles. The Morgan fingerprint density at radius 3 is 2.79 bits per heavy atom. The van der Waals surface area contributed by atoms with Crippen LogP contribution in [-0.2, 0) is 4.74 Å². The van der Waals surface area contributed by atoms with Crippen LogP contribution in [0.15, 0.2) is 54.6 Å². The Hall–Kier alpha value is -2.88. The van der Waals surface area contributed by atoms with Gasteiger partial charge in [0.25, 0.3) is 0 Å². The zero-order valence-corrected chi connectivity index (χ0v) is 13.9. The van der Waals surface area contributed by atoms with Crippen molar-refractivity contribution < 1.29 is 9.53 Å². The van der Waals surface area contributed by atoms with Gasteiger partial charge in [-0.3, -0.25) is 4.98 Å². The summed E-state index contributed by atoms with van der Waals surface area (Å²) in [6, 6.07) is 17.3. The third-order valence-electron chi connectivity index (χ3n) is 3.66. The molecule has 3 aromatic rings. The Bertz CT molecular complexity index is 874. The molecule has 1 aromatic heterocycles. The maximum absolute atomic E-state index is 12.0. The molecule has 0 atom stereocenters. The topological polar surface area (TPSA) is 51.2 Å². The van der Waals surface area contributed by atoms with Crippen LogP contribution < -0.4 is 5.32 Å². The van der Waals surface area contributed by atoms with Crippen molar-refractivity contribution in [1.29, 1.82) is 0 Å². The largest absolute Gasteiger partial charge is 0.462 e. The van der Waals surface area contributed by atoms with Gasteiger partial charge in [-0.15, -0.1) is 0 Å². The highest BCUT2D eigenvalue weighted by molar-refractivity contribution is 5.94. The highest BCUT2D eigenvalue weighted by Gasteiger charge is 2.09. The van der Waals surface area contributed by atoms with Gasteiger partial charge < -0.3 is 10.1 Å². The average molecular weight is 320 g/mol. The molecule has 0 radical (unpaired) electrons. The van der Waals surface area contributed by atoms with Crippen molar-refractivity contribution in [2.45, 2.75) is 20.3 Å². The van der Waals surface area contributed by atoms with Crippen molar-refractivity contribution in [1.82, 2.24) is 4.98 Å². The van der Waals surface area contributed by atoms with Crippen LogP contribution in [-0.4, -0.2) is 17.6 Å². The van der Waals surface area contributed by atoms with Gasteiger partial charge in [0.1, 0.15) is 0 Å². The summed E-state index contributed by atoms with van der Waals surface area (Å²) < 4.78 is 5.20. The summed E-state index contributed by atoms with van der Waals surface area (Å²) in [5, 5.41) is 4.43. The van der Waals surface area contributed by atoms with Crippen LogP contribution in [0.25, 0.3) is 10.9 Å². The van der Waals surface area contributed by atoms with Crippen molar-refractivity contribution in [3.05, 3.63) is 65.9 Å². The Morgan fingerprint density at radius 1 is 1.12 bits per heavy atom. The number of aryl methyl sites for hydroxylation is 1. The molecule has 0 aliphatic carbocycles. The van der Waals surface area contributed by atoms with E-state index in [0.717, 1.165) is 34.4 Å². The van der Waals surface area contributed by atoms with E-state index >= 15 is 0 Å². The number of carbonyl (C=O) groups is 1. The summed E-state index contributed by atoms with van der Waals surface area (Å²) in [6.07, 6.45) is 0.811. The molecule has 0 saturated heterocycles. The van der Waals surface area contributed by atoms with E-state index in [0.29, 0.717) is 12.2 Å². The van der Waals surface area contributed by atoms with Crippen LogP contribution >= 0.6 is 0 Å². The zero-order chi connectivity index (χ0) is 16.9. The molecular weight excluding hydrogens is 300 g/mol. The minimum atomic E-state index is -0.295. The van der Waals surface area contributed by atoms with E-state index in [9.17, 15) is 4.79 Å². The maximum Gasteiger partial charge on any atom is 0.338 e. The van der Waals surface area contributed by atoms with Gasteiger partial charge in [-0.25, -0.2) is 4.79 Å². The molecule has 0 amide bonds. The number of rotatable bonds is 5. The number of esters is 1. The third-order valence-corrected chi connectivity index (χ3v) is 3.66.